The number of carbonyl (C=O) groups excluding carboxylic acids is 2. The summed E-state index contributed by atoms with van der Waals surface area (Å²) in [6.45, 7) is 2.53. The third-order valence-corrected chi connectivity index (χ3v) is 3.38. The van der Waals surface area contributed by atoms with Gasteiger partial charge < -0.3 is 10.6 Å². The largest absolute Gasteiger partial charge is 0.338 e. The van der Waals surface area contributed by atoms with Crippen LogP contribution in [0.1, 0.15) is 27.9 Å². The van der Waals surface area contributed by atoms with E-state index in [4.69, 9.17) is 0 Å². The normalized spacial score (nSPS) is 10.2. The lowest BCUT2D eigenvalue weighted by atomic mass is 10.1. The minimum Gasteiger partial charge on any atom is -0.338 e. The van der Waals surface area contributed by atoms with Gasteiger partial charge >= 0.3 is 6.03 Å². The molecule has 4 nitrogen and oxygen atoms in total. The minimum atomic E-state index is -0.356. The molecule has 0 saturated heterocycles. The Morgan fingerprint density at radius 2 is 1.61 bits per heavy atom. The molecule has 0 aromatic heterocycles. The Morgan fingerprint density at radius 1 is 0.957 bits per heavy atom. The number of halogens is 1. The highest BCUT2D eigenvalue weighted by Crippen LogP contribution is 2.05. The van der Waals surface area contributed by atoms with Gasteiger partial charge in [-0.15, -0.1) is 0 Å². The molecule has 0 unspecified atom stereocenters. The lowest BCUT2D eigenvalue weighted by Gasteiger charge is -2.07. The predicted molar refractivity (Wildman–Crippen MR) is 86.8 cm³/mol. The third-order valence-electron chi connectivity index (χ3n) is 3.38. The highest BCUT2D eigenvalue weighted by Gasteiger charge is 2.06. The first-order valence-electron chi connectivity index (χ1n) is 7.40. The molecular weight excluding hydrogens is 295 g/mol. The Kier molecular flexibility index (Phi) is 5.86. The quantitative estimate of drug-likeness (QED) is 0.804. The molecule has 0 aliphatic carbocycles. The van der Waals surface area contributed by atoms with Crippen LogP contribution in [0.25, 0.3) is 0 Å². The van der Waals surface area contributed by atoms with E-state index in [9.17, 15) is 14.0 Å². The van der Waals surface area contributed by atoms with Crippen molar-refractivity contribution < 1.29 is 14.0 Å². The standard InChI is InChI=1S/C18H19FN2O2/c1-13-2-6-15(7-3-13)17(22)10-11-20-18(23)21-12-14-4-8-16(19)9-5-14/h2-9H,10-12H2,1H3,(H2,20,21,23). The second-order valence-electron chi connectivity index (χ2n) is 5.28. The second kappa shape index (κ2) is 8.08. The van der Waals surface area contributed by atoms with E-state index in [1.165, 1.54) is 12.1 Å². The Labute approximate surface area is 134 Å². The molecule has 5 heteroatoms. The zero-order valence-corrected chi connectivity index (χ0v) is 12.9. The van der Waals surface area contributed by atoms with Crippen molar-refractivity contribution >= 4 is 11.8 Å². The third kappa shape index (κ3) is 5.54. The molecule has 2 N–H and O–H groups in total. The van der Waals surface area contributed by atoms with Crippen LogP contribution in [-0.4, -0.2) is 18.4 Å². The molecule has 0 heterocycles. The van der Waals surface area contributed by atoms with Crippen molar-refractivity contribution in [1.82, 2.24) is 10.6 Å². The zero-order valence-electron chi connectivity index (χ0n) is 12.9. The highest BCUT2D eigenvalue weighted by atomic mass is 19.1. The average Bonchev–Trinajstić information content (AvgIpc) is 2.55. The number of carbonyl (C=O) groups is 2. The first-order valence-corrected chi connectivity index (χ1v) is 7.40. The summed E-state index contributed by atoms with van der Waals surface area (Å²) in [7, 11) is 0. The summed E-state index contributed by atoms with van der Waals surface area (Å²) in [4.78, 5) is 23.6. The molecule has 0 bridgehead atoms. The monoisotopic (exact) mass is 314 g/mol. The molecule has 2 aromatic rings. The maximum Gasteiger partial charge on any atom is 0.315 e. The molecule has 0 aliphatic heterocycles. The number of ketones is 1. The fourth-order valence-corrected chi connectivity index (χ4v) is 2.02. The van der Waals surface area contributed by atoms with Crippen LogP contribution in [0, 0.1) is 12.7 Å². The average molecular weight is 314 g/mol. The van der Waals surface area contributed by atoms with Gasteiger partial charge in [0.1, 0.15) is 5.82 Å². The van der Waals surface area contributed by atoms with Gasteiger partial charge in [0.15, 0.2) is 5.78 Å². The van der Waals surface area contributed by atoms with Gasteiger partial charge in [0.25, 0.3) is 0 Å². The van der Waals surface area contributed by atoms with Crippen molar-refractivity contribution in [3.63, 3.8) is 0 Å². The zero-order chi connectivity index (χ0) is 16.7. The van der Waals surface area contributed by atoms with Crippen molar-refractivity contribution in [2.45, 2.75) is 19.9 Å². The van der Waals surface area contributed by atoms with Gasteiger partial charge in [-0.1, -0.05) is 42.0 Å². The van der Waals surface area contributed by atoms with Gasteiger partial charge in [0.05, 0.1) is 0 Å². The molecule has 23 heavy (non-hydrogen) atoms. The Balaban J connectivity index is 1.69. The van der Waals surface area contributed by atoms with Crippen LogP contribution in [0.2, 0.25) is 0 Å². The van der Waals surface area contributed by atoms with E-state index in [0.717, 1.165) is 11.1 Å². The molecule has 120 valence electrons. The molecule has 2 aromatic carbocycles. The molecule has 0 radical (unpaired) electrons. The number of aryl methyl sites for hydroxylation is 1. The SMILES string of the molecule is Cc1ccc(C(=O)CCNC(=O)NCc2ccc(F)cc2)cc1. The summed E-state index contributed by atoms with van der Waals surface area (Å²) < 4.78 is 12.8. The van der Waals surface area contributed by atoms with Crippen LogP contribution in [0.5, 0.6) is 0 Å². The number of benzene rings is 2. The lowest BCUT2D eigenvalue weighted by molar-refractivity contribution is 0.0983. The van der Waals surface area contributed by atoms with Crippen molar-refractivity contribution in [1.29, 1.82) is 0 Å². The molecule has 0 saturated carbocycles. The number of nitrogens with one attached hydrogen (secondary N) is 2. The van der Waals surface area contributed by atoms with Crippen LogP contribution >= 0.6 is 0 Å². The molecular formula is C18H19FN2O2. The van der Waals surface area contributed by atoms with Crippen LogP contribution < -0.4 is 10.6 Å². The van der Waals surface area contributed by atoms with Crippen LogP contribution in [-0.2, 0) is 6.54 Å². The van der Waals surface area contributed by atoms with Crippen molar-refractivity contribution in [3.8, 4) is 0 Å². The fourth-order valence-electron chi connectivity index (χ4n) is 2.02. The van der Waals surface area contributed by atoms with Crippen molar-refractivity contribution in [2.75, 3.05) is 6.54 Å². The second-order valence-corrected chi connectivity index (χ2v) is 5.28. The summed E-state index contributed by atoms with van der Waals surface area (Å²) >= 11 is 0. The predicted octanol–water partition coefficient (Wildman–Crippen LogP) is 3.21. The summed E-state index contributed by atoms with van der Waals surface area (Å²) in [6, 6.07) is 12.9. The summed E-state index contributed by atoms with van der Waals surface area (Å²) in [6.07, 6.45) is 0.243. The Morgan fingerprint density at radius 3 is 2.26 bits per heavy atom. The number of urea groups is 1. The number of hydrogen-bond donors (Lipinski definition) is 2. The van der Waals surface area contributed by atoms with Gasteiger partial charge in [-0.25, -0.2) is 9.18 Å². The Hall–Kier alpha value is -2.69. The molecule has 0 fully saturated rings. The first kappa shape index (κ1) is 16.7. The molecule has 2 rings (SSSR count). The fraction of sp³-hybridized carbons (Fsp3) is 0.222. The molecule has 2 amide bonds. The van der Waals surface area contributed by atoms with Crippen molar-refractivity contribution in [2.24, 2.45) is 0 Å². The summed E-state index contributed by atoms with van der Waals surface area (Å²) in [5.41, 5.74) is 2.54. The number of rotatable bonds is 6. The minimum absolute atomic E-state index is 0.0103. The number of amides is 2. The van der Waals surface area contributed by atoms with E-state index in [0.29, 0.717) is 12.1 Å². The highest BCUT2D eigenvalue weighted by molar-refractivity contribution is 5.96. The van der Waals surface area contributed by atoms with E-state index in [2.05, 4.69) is 10.6 Å². The summed E-state index contributed by atoms with van der Waals surface area (Å²) in [5.74, 6) is -0.323. The van der Waals surface area contributed by atoms with Gasteiger partial charge in [0.2, 0.25) is 0 Å². The number of Topliss-reactive ketones (excluding diaryl/α,β-unsaturated/α-hetero) is 1. The van der Waals surface area contributed by atoms with Crippen LogP contribution in [0.3, 0.4) is 0 Å². The van der Waals surface area contributed by atoms with Crippen molar-refractivity contribution in [3.05, 3.63) is 71.0 Å². The summed E-state index contributed by atoms with van der Waals surface area (Å²) in [5, 5.41) is 5.29. The maximum atomic E-state index is 12.8. The maximum absolute atomic E-state index is 12.8. The molecule has 0 aliphatic rings. The van der Waals surface area contributed by atoms with Gasteiger partial charge in [-0.05, 0) is 24.6 Å². The lowest BCUT2D eigenvalue weighted by Crippen LogP contribution is -2.36. The van der Waals surface area contributed by atoms with Gasteiger partial charge in [-0.2, -0.15) is 0 Å². The molecule has 0 spiro atoms. The van der Waals surface area contributed by atoms with E-state index in [1.807, 2.05) is 19.1 Å². The van der Waals surface area contributed by atoms with Gasteiger partial charge in [-0.3, -0.25) is 4.79 Å². The van der Waals surface area contributed by atoms with E-state index in [-0.39, 0.29) is 30.6 Å². The van der Waals surface area contributed by atoms with Gasteiger partial charge in [0, 0.05) is 25.1 Å². The van der Waals surface area contributed by atoms with E-state index in [1.54, 1.807) is 24.3 Å². The van der Waals surface area contributed by atoms with Crippen LogP contribution in [0.4, 0.5) is 9.18 Å². The van der Waals surface area contributed by atoms with Crippen LogP contribution in [0.15, 0.2) is 48.5 Å². The van der Waals surface area contributed by atoms with E-state index >= 15 is 0 Å². The Bertz CT molecular complexity index is 666. The molecule has 0 atom stereocenters. The number of hydrogen-bond acceptors (Lipinski definition) is 2. The smallest absolute Gasteiger partial charge is 0.315 e. The topological polar surface area (TPSA) is 58.2 Å². The van der Waals surface area contributed by atoms with E-state index < -0.39 is 0 Å². The first-order chi connectivity index (χ1) is 11.0.